The summed E-state index contributed by atoms with van der Waals surface area (Å²) in [5.74, 6) is -0.462. The Morgan fingerprint density at radius 3 is 2.96 bits per heavy atom. The molecule has 144 valence electrons. The van der Waals surface area contributed by atoms with Crippen molar-refractivity contribution in [3.8, 4) is 0 Å². The van der Waals surface area contributed by atoms with Gasteiger partial charge in [-0.1, -0.05) is 29.8 Å². The highest BCUT2D eigenvalue weighted by Crippen LogP contribution is 2.24. The van der Waals surface area contributed by atoms with E-state index in [0.717, 1.165) is 5.56 Å². The van der Waals surface area contributed by atoms with Crippen molar-refractivity contribution < 1.29 is 9.72 Å². The van der Waals surface area contributed by atoms with E-state index in [1.54, 1.807) is 6.08 Å². The Bertz CT molecular complexity index is 977. The van der Waals surface area contributed by atoms with Crippen LogP contribution in [0.5, 0.6) is 0 Å². The average Bonchev–Trinajstić information content (AvgIpc) is 2.69. The van der Waals surface area contributed by atoms with Gasteiger partial charge in [0.05, 0.1) is 17.0 Å². The minimum atomic E-state index is -0.561. The monoisotopic (exact) mass is 419 g/mol. The molecule has 0 spiro atoms. The second-order valence-electron chi connectivity index (χ2n) is 5.97. The van der Waals surface area contributed by atoms with Gasteiger partial charge in [-0.25, -0.2) is 4.98 Å². The van der Waals surface area contributed by atoms with Gasteiger partial charge in [-0.05, 0) is 35.7 Å². The smallest absolute Gasteiger partial charge is 0.265 e. The van der Waals surface area contributed by atoms with E-state index in [4.69, 9.17) is 23.2 Å². The van der Waals surface area contributed by atoms with Gasteiger partial charge in [-0.2, -0.15) is 4.98 Å². The molecule has 0 radical (unpaired) electrons. The van der Waals surface area contributed by atoms with E-state index in [1.807, 2.05) is 24.3 Å². The Labute approximate surface area is 170 Å². The molecule has 2 N–H and O–H groups in total. The van der Waals surface area contributed by atoms with Crippen molar-refractivity contribution in [3.05, 3.63) is 80.4 Å². The Morgan fingerprint density at radius 1 is 1.36 bits per heavy atom. The Morgan fingerprint density at radius 2 is 2.18 bits per heavy atom. The zero-order valence-electron chi connectivity index (χ0n) is 14.4. The van der Waals surface area contributed by atoms with Crippen LogP contribution in [0, 0.1) is 16.0 Å². The number of carbonyl (C=O) groups excluding carboxylic acids is 1. The van der Waals surface area contributed by atoms with Crippen LogP contribution in [0.4, 0.5) is 11.5 Å². The first kappa shape index (κ1) is 19.8. The molecular formula is C18H15Cl2N5O3. The summed E-state index contributed by atoms with van der Waals surface area (Å²) in [6.45, 7) is 0.272. The first-order valence-electron chi connectivity index (χ1n) is 8.27. The van der Waals surface area contributed by atoms with Crippen molar-refractivity contribution in [2.45, 2.75) is 13.0 Å². The number of nitrogens with one attached hydrogen (secondary N) is 2. The van der Waals surface area contributed by atoms with Crippen LogP contribution < -0.4 is 10.6 Å². The minimum absolute atomic E-state index is 0.0685. The second-order valence-corrected chi connectivity index (χ2v) is 6.72. The van der Waals surface area contributed by atoms with Crippen LogP contribution in [0.3, 0.4) is 0 Å². The number of rotatable bonds is 6. The molecule has 1 unspecified atom stereocenters. The highest BCUT2D eigenvalue weighted by molar-refractivity contribution is 6.33. The molecule has 0 aliphatic heterocycles. The molecule has 1 aromatic carbocycles. The SMILES string of the molecule is O=C(NCc1cccc(Nc2nc(Cl)ncc2Cl)c1)C1C=C([N+](=O)[O-])C=CC1. The second kappa shape index (κ2) is 8.81. The Hall–Kier alpha value is -2.97. The zero-order valence-corrected chi connectivity index (χ0v) is 15.9. The molecule has 2 aromatic rings. The molecule has 1 amide bonds. The lowest BCUT2D eigenvalue weighted by Crippen LogP contribution is -2.30. The van der Waals surface area contributed by atoms with Gasteiger partial charge in [-0.15, -0.1) is 0 Å². The number of anilines is 2. The third-order valence-electron chi connectivity index (χ3n) is 3.97. The third kappa shape index (κ3) is 5.05. The normalized spacial score (nSPS) is 15.6. The number of benzene rings is 1. The molecule has 0 saturated carbocycles. The van der Waals surface area contributed by atoms with Crippen LogP contribution in [0.1, 0.15) is 12.0 Å². The lowest BCUT2D eigenvalue weighted by molar-refractivity contribution is -0.419. The number of allylic oxidation sites excluding steroid dienone is 2. The topological polar surface area (TPSA) is 110 Å². The predicted molar refractivity (Wildman–Crippen MR) is 106 cm³/mol. The number of hydrogen-bond acceptors (Lipinski definition) is 6. The van der Waals surface area contributed by atoms with Crippen LogP contribution in [0.15, 0.2) is 54.4 Å². The lowest BCUT2D eigenvalue weighted by Gasteiger charge is -2.14. The van der Waals surface area contributed by atoms with Crippen LogP contribution >= 0.6 is 23.2 Å². The standard InChI is InChI=1S/C18H15Cl2N5O3/c19-15-10-22-18(20)24-16(15)23-13-5-1-3-11(7-13)9-21-17(26)12-4-2-6-14(8-12)25(27)28/h1-3,5-8,10,12H,4,9H2,(H,21,26)(H,22,23,24). The van der Waals surface area contributed by atoms with E-state index >= 15 is 0 Å². The molecule has 3 rings (SSSR count). The van der Waals surface area contributed by atoms with Gasteiger partial charge in [0, 0.05) is 24.4 Å². The summed E-state index contributed by atoms with van der Waals surface area (Å²) in [5, 5.41) is 17.1. The molecule has 1 aromatic heterocycles. The quantitative estimate of drug-likeness (QED) is 0.417. The summed E-state index contributed by atoms with van der Waals surface area (Å²) in [7, 11) is 0. The molecular weight excluding hydrogens is 405 g/mol. The van der Waals surface area contributed by atoms with Gasteiger partial charge in [0.25, 0.3) is 5.70 Å². The van der Waals surface area contributed by atoms with E-state index in [2.05, 4.69) is 20.6 Å². The van der Waals surface area contributed by atoms with E-state index < -0.39 is 10.8 Å². The third-order valence-corrected chi connectivity index (χ3v) is 4.43. The van der Waals surface area contributed by atoms with Gasteiger partial charge in [0.2, 0.25) is 11.2 Å². The van der Waals surface area contributed by atoms with Crippen molar-refractivity contribution in [2.24, 2.45) is 5.92 Å². The van der Waals surface area contributed by atoms with Crippen molar-refractivity contribution >= 4 is 40.6 Å². The summed E-state index contributed by atoms with van der Waals surface area (Å²) in [6, 6.07) is 7.30. The van der Waals surface area contributed by atoms with Crippen LogP contribution in [0.2, 0.25) is 10.3 Å². The maximum atomic E-state index is 12.3. The van der Waals surface area contributed by atoms with E-state index in [0.29, 0.717) is 22.9 Å². The Kier molecular flexibility index (Phi) is 6.23. The summed E-state index contributed by atoms with van der Waals surface area (Å²) in [6.07, 6.45) is 6.23. The number of carbonyl (C=O) groups is 1. The van der Waals surface area contributed by atoms with Crippen molar-refractivity contribution in [1.29, 1.82) is 0 Å². The summed E-state index contributed by atoms with van der Waals surface area (Å²) < 4.78 is 0. The number of aromatic nitrogens is 2. The van der Waals surface area contributed by atoms with Gasteiger partial charge in [0.1, 0.15) is 5.02 Å². The van der Waals surface area contributed by atoms with Crippen LogP contribution in [0.25, 0.3) is 0 Å². The van der Waals surface area contributed by atoms with Gasteiger partial charge in [-0.3, -0.25) is 14.9 Å². The van der Waals surface area contributed by atoms with Gasteiger partial charge in [0.15, 0.2) is 5.82 Å². The molecule has 1 heterocycles. The fourth-order valence-corrected chi connectivity index (χ4v) is 2.89. The number of nitro groups is 1. The highest BCUT2D eigenvalue weighted by atomic mass is 35.5. The summed E-state index contributed by atoms with van der Waals surface area (Å²) in [5.41, 5.74) is 1.47. The number of amides is 1. The molecule has 8 nitrogen and oxygen atoms in total. The van der Waals surface area contributed by atoms with E-state index in [1.165, 1.54) is 18.3 Å². The predicted octanol–water partition coefficient (Wildman–Crippen LogP) is 3.88. The first-order chi connectivity index (χ1) is 13.4. The zero-order chi connectivity index (χ0) is 20.1. The first-order valence-corrected chi connectivity index (χ1v) is 9.02. The van der Waals surface area contributed by atoms with Crippen LogP contribution in [-0.4, -0.2) is 20.8 Å². The highest BCUT2D eigenvalue weighted by Gasteiger charge is 2.22. The van der Waals surface area contributed by atoms with E-state index in [9.17, 15) is 14.9 Å². The number of halogens is 2. The maximum absolute atomic E-state index is 12.3. The maximum Gasteiger partial charge on any atom is 0.265 e. The van der Waals surface area contributed by atoms with Gasteiger partial charge >= 0.3 is 0 Å². The number of nitrogens with zero attached hydrogens (tertiary/aromatic N) is 3. The van der Waals surface area contributed by atoms with Gasteiger partial charge < -0.3 is 10.6 Å². The summed E-state index contributed by atoms with van der Waals surface area (Å²) in [4.78, 5) is 30.5. The molecule has 0 fully saturated rings. The number of hydrogen-bond donors (Lipinski definition) is 2. The summed E-state index contributed by atoms with van der Waals surface area (Å²) >= 11 is 11.8. The molecule has 1 aliphatic rings. The fraction of sp³-hybridized carbons (Fsp3) is 0.167. The molecule has 10 heteroatoms. The molecule has 0 saturated heterocycles. The van der Waals surface area contributed by atoms with E-state index in [-0.39, 0.29) is 23.4 Å². The average molecular weight is 420 g/mol. The van der Waals surface area contributed by atoms with Crippen molar-refractivity contribution in [1.82, 2.24) is 15.3 Å². The molecule has 1 atom stereocenters. The molecule has 0 bridgehead atoms. The van der Waals surface area contributed by atoms with Crippen molar-refractivity contribution in [2.75, 3.05) is 5.32 Å². The molecule has 1 aliphatic carbocycles. The van der Waals surface area contributed by atoms with Crippen LogP contribution in [-0.2, 0) is 11.3 Å². The fourth-order valence-electron chi connectivity index (χ4n) is 2.62. The van der Waals surface area contributed by atoms with Crippen molar-refractivity contribution in [3.63, 3.8) is 0 Å². The minimum Gasteiger partial charge on any atom is -0.352 e. The molecule has 28 heavy (non-hydrogen) atoms. The Balaban J connectivity index is 1.63. The lowest BCUT2D eigenvalue weighted by atomic mass is 9.98. The largest absolute Gasteiger partial charge is 0.352 e.